The summed E-state index contributed by atoms with van der Waals surface area (Å²) >= 11 is 0. The number of hydrogen-bond acceptors (Lipinski definition) is 4. The van der Waals surface area contributed by atoms with E-state index in [1.807, 2.05) is 12.1 Å². The van der Waals surface area contributed by atoms with Gasteiger partial charge in [-0.2, -0.15) is 0 Å². The molecule has 0 unspecified atom stereocenters. The van der Waals surface area contributed by atoms with Crippen LogP contribution in [0.25, 0.3) is 0 Å². The summed E-state index contributed by atoms with van der Waals surface area (Å²) < 4.78 is 14.0. The third-order valence-corrected chi connectivity index (χ3v) is 6.00. The Labute approximate surface area is 150 Å². The fraction of sp³-hybridized carbons (Fsp3) is 0.600. The number of piperidine rings is 1. The number of ether oxygens (including phenoxy) is 1. The molecule has 2 aliphatic heterocycles. The van der Waals surface area contributed by atoms with Crippen LogP contribution in [0.5, 0.6) is 0 Å². The lowest BCUT2D eigenvalue weighted by molar-refractivity contribution is -0.0455. The first-order chi connectivity index (χ1) is 12.1. The average molecular weight is 343 g/mol. The van der Waals surface area contributed by atoms with Crippen molar-refractivity contribution in [1.82, 2.24) is 14.4 Å². The van der Waals surface area contributed by atoms with Crippen LogP contribution in [-0.2, 0) is 24.9 Å². The first-order valence-electron chi connectivity index (χ1n) is 9.33. The Morgan fingerprint density at radius 3 is 2.76 bits per heavy atom. The maximum Gasteiger partial charge on any atom is 0.117 e. The standard InChI is InChI=1S/C20H29N3O2/c1-21-9-3-5-17(21)14-23-10-7-20(8-11-23)13-18(16-25-20)22(2)15-19-6-4-12-24-19/h3-6,9,12,18H,7-8,10-11,13-16H2,1-2H3/t18-/m0/s1. The smallest absolute Gasteiger partial charge is 0.117 e. The van der Waals surface area contributed by atoms with E-state index in [1.54, 1.807) is 6.26 Å². The number of likely N-dealkylation sites (tertiary alicyclic amines) is 1. The maximum absolute atomic E-state index is 6.34. The van der Waals surface area contributed by atoms with E-state index in [9.17, 15) is 0 Å². The Morgan fingerprint density at radius 1 is 1.24 bits per heavy atom. The van der Waals surface area contributed by atoms with Crippen molar-refractivity contribution in [2.45, 2.75) is 44.0 Å². The minimum atomic E-state index is 0.0901. The van der Waals surface area contributed by atoms with Crippen LogP contribution < -0.4 is 0 Å². The zero-order valence-corrected chi connectivity index (χ0v) is 15.4. The predicted molar refractivity (Wildman–Crippen MR) is 97.2 cm³/mol. The monoisotopic (exact) mass is 343 g/mol. The lowest BCUT2D eigenvalue weighted by Crippen LogP contribution is -2.44. The number of rotatable bonds is 5. The maximum atomic E-state index is 6.34. The molecule has 2 fully saturated rings. The second-order valence-electron chi connectivity index (χ2n) is 7.73. The first kappa shape index (κ1) is 16.9. The summed E-state index contributed by atoms with van der Waals surface area (Å²) in [6.45, 7) is 4.99. The van der Waals surface area contributed by atoms with Crippen LogP contribution >= 0.6 is 0 Å². The third kappa shape index (κ3) is 3.68. The van der Waals surface area contributed by atoms with Gasteiger partial charge in [0.05, 0.1) is 25.0 Å². The molecule has 4 heterocycles. The van der Waals surface area contributed by atoms with Crippen molar-refractivity contribution in [3.63, 3.8) is 0 Å². The van der Waals surface area contributed by atoms with Crippen molar-refractivity contribution in [2.24, 2.45) is 7.05 Å². The molecule has 5 heteroatoms. The van der Waals surface area contributed by atoms with E-state index in [4.69, 9.17) is 9.15 Å². The molecule has 2 aromatic heterocycles. The molecule has 0 bridgehead atoms. The average Bonchev–Trinajstić information content (AvgIpc) is 3.33. The highest BCUT2D eigenvalue weighted by Crippen LogP contribution is 2.38. The second kappa shape index (κ2) is 6.98. The number of furan rings is 1. The predicted octanol–water partition coefficient (Wildman–Crippen LogP) is 2.87. The summed E-state index contributed by atoms with van der Waals surface area (Å²) in [5.41, 5.74) is 1.48. The second-order valence-corrected chi connectivity index (χ2v) is 7.73. The molecule has 0 saturated carbocycles. The fourth-order valence-electron chi connectivity index (χ4n) is 4.24. The topological polar surface area (TPSA) is 33.8 Å². The molecule has 25 heavy (non-hydrogen) atoms. The lowest BCUT2D eigenvalue weighted by atomic mass is 9.87. The zero-order chi connectivity index (χ0) is 17.3. The van der Waals surface area contributed by atoms with Crippen LogP contribution in [0.2, 0.25) is 0 Å². The van der Waals surface area contributed by atoms with Gasteiger partial charge in [-0.3, -0.25) is 9.80 Å². The van der Waals surface area contributed by atoms with Crippen LogP contribution in [0, 0.1) is 0 Å². The van der Waals surface area contributed by atoms with Gasteiger partial charge in [0.1, 0.15) is 5.76 Å². The molecular formula is C20H29N3O2. The molecule has 136 valence electrons. The molecule has 1 spiro atoms. The van der Waals surface area contributed by atoms with Gasteiger partial charge in [-0.25, -0.2) is 0 Å². The van der Waals surface area contributed by atoms with Gasteiger partial charge in [0, 0.05) is 44.6 Å². The van der Waals surface area contributed by atoms with Crippen molar-refractivity contribution in [3.05, 3.63) is 48.2 Å². The Morgan fingerprint density at radius 2 is 2.08 bits per heavy atom. The Kier molecular flexibility index (Phi) is 4.71. The Hall–Kier alpha value is -1.56. The van der Waals surface area contributed by atoms with Gasteiger partial charge >= 0.3 is 0 Å². The molecule has 0 aliphatic carbocycles. The largest absolute Gasteiger partial charge is 0.468 e. The number of likely N-dealkylation sites (N-methyl/N-ethyl adjacent to an activating group) is 1. The van der Waals surface area contributed by atoms with Gasteiger partial charge in [-0.15, -0.1) is 0 Å². The minimum absolute atomic E-state index is 0.0901. The highest BCUT2D eigenvalue weighted by atomic mass is 16.5. The molecule has 2 aromatic rings. The van der Waals surface area contributed by atoms with Gasteiger partial charge in [0.15, 0.2) is 0 Å². The zero-order valence-electron chi connectivity index (χ0n) is 15.4. The fourth-order valence-corrected chi connectivity index (χ4v) is 4.24. The normalized spacial score (nSPS) is 23.7. The van der Waals surface area contributed by atoms with Crippen molar-refractivity contribution in [1.29, 1.82) is 0 Å². The van der Waals surface area contributed by atoms with Crippen LogP contribution in [0.15, 0.2) is 41.1 Å². The number of aryl methyl sites for hydroxylation is 1. The van der Waals surface area contributed by atoms with E-state index in [2.05, 4.69) is 46.8 Å². The lowest BCUT2D eigenvalue weighted by Gasteiger charge is -2.39. The van der Waals surface area contributed by atoms with Crippen LogP contribution in [0.4, 0.5) is 0 Å². The highest BCUT2D eigenvalue weighted by molar-refractivity contribution is 5.07. The van der Waals surface area contributed by atoms with Gasteiger partial charge in [-0.05, 0) is 50.6 Å². The molecule has 1 atom stereocenters. The van der Waals surface area contributed by atoms with E-state index in [1.165, 1.54) is 5.69 Å². The molecular weight excluding hydrogens is 314 g/mol. The number of hydrogen-bond donors (Lipinski definition) is 0. The molecule has 5 nitrogen and oxygen atoms in total. The van der Waals surface area contributed by atoms with Crippen LogP contribution in [-0.4, -0.2) is 52.8 Å². The van der Waals surface area contributed by atoms with Crippen LogP contribution in [0.1, 0.15) is 30.7 Å². The summed E-state index contributed by atoms with van der Waals surface area (Å²) in [6.07, 6.45) is 7.30. The van der Waals surface area contributed by atoms with E-state index in [-0.39, 0.29) is 5.60 Å². The highest BCUT2D eigenvalue weighted by Gasteiger charge is 2.43. The summed E-state index contributed by atoms with van der Waals surface area (Å²) in [4.78, 5) is 4.94. The number of aromatic nitrogens is 1. The number of nitrogens with zero attached hydrogens (tertiary/aromatic N) is 3. The van der Waals surface area contributed by atoms with Crippen molar-refractivity contribution in [3.8, 4) is 0 Å². The Bertz CT molecular complexity index is 671. The molecule has 0 radical (unpaired) electrons. The summed E-state index contributed by atoms with van der Waals surface area (Å²) in [5.74, 6) is 1.03. The van der Waals surface area contributed by atoms with Gasteiger partial charge in [0.2, 0.25) is 0 Å². The SMILES string of the molecule is CN(Cc1ccco1)[C@@H]1COC2(CCN(Cc3cccn3C)CC2)C1. The van der Waals surface area contributed by atoms with Gasteiger partial charge < -0.3 is 13.7 Å². The van der Waals surface area contributed by atoms with E-state index < -0.39 is 0 Å². The van der Waals surface area contributed by atoms with Crippen molar-refractivity contribution in [2.75, 3.05) is 26.7 Å². The minimum Gasteiger partial charge on any atom is -0.468 e. The molecule has 4 rings (SSSR count). The summed E-state index contributed by atoms with van der Waals surface area (Å²) in [7, 11) is 4.31. The van der Waals surface area contributed by atoms with Crippen molar-refractivity contribution < 1.29 is 9.15 Å². The van der Waals surface area contributed by atoms with E-state index >= 15 is 0 Å². The van der Waals surface area contributed by atoms with Gasteiger partial charge in [0.25, 0.3) is 0 Å². The molecule has 0 amide bonds. The quantitative estimate of drug-likeness (QED) is 0.836. The van der Waals surface area contributed by atoms with Crippen LogP contribution in [0.3, 0.4) is 0 Å². The summed E-state index contributed by atoms with van der Waals surface area (Å²) in [5, 5.41) is 0. The molecule has 0 aromatic carbocycles. The van der Waals surface area contributed by atoms with Crippen molar-refractivity contribution >= 4 is 0 Å². The molecule has 2 saturated heterocycles. The third-order valence-electron chi connectivity index (χ3n) is 6.00. The first-order valence-corrected chi connectivity index (χ1v) is 9.33. The van der Waals surface area contributed by atoms with E-state index in [0.717, 1.165) is 57.8 Å². The Balaban J connectivity index is 1.29. The van der Waals surface area contributed by atoms with E-state index in [0.29, 0.717) is 6.04 Å². The van der Waals surface area contributed by atoms with Gasteiger partial charge in [-0.1, -0.05) is 0 Å². The molecule has 2 aliphatic rings. The molecule has 0 N–H and O–H groups in total. The summed E-state index contributed by atoms with van der Waals surface area (Å²) in [6, 6.07) is 8.84.